The summed E-state index contributed by atoms with van der Waals surface area (Å²) in [4.78, 5) is 0. The molecule has 0 spiro atoms. The number of hydrogen-bond acceptors (Lipinski definition) is 0. The lowest BCUT2D eigenvalue weighted by Gasteiger charge is -2.23. The van der Waals surface area contributed by atoms with Crippen molar-refractivity contribution in [2.45, 2.75) is 31.9 Å². The molecule has 1 aliphatic rings. The second-order valence-corrected chi connectivity index (χ2v) is 7.68. The first-order chi connectivity index (χ1) is 4.19. The van der Waals surface area contributed by atoms with Gasteiger partial charge in [0.25, 0.3) is 0 Å². The maximum absolute atomic E-state index is 2.51. The van der Waals surface area contributed by atoms with Gasteiger partial charge in [0.05, 0.1) is 0 Å². The van der Waals surface area contributed by atoms with E-state index in [1.165, 1.54) is 12.8 Å². The van der Waals surface area contributed by atoms with Crippen molar-refractivity contribution in [1.29, 1.82) is 0 Å². The van der Waals surface area contributed by atoms with Gasteiger partial charge in [0.2, 0.25) is 0 Å². The molecule has 0 aromatic rings. The van der Waals surface area contributed by atoms with E-state index >= 15 is 0 Å². The SMILES string of the molecule is CCCC(C)[S@]1(C)BC1. The van der Waals surface area contributed by atoms with Crippen molar-refractivity contribution < 1.29 is 0 Å². The largest absolute Gasteiger partial charge is 0.279 e. The maximum atomic E-state index is 2.51. The molecule has 0 N–H and O–H groups in total. The Kier molecular flexibility index (Phi) is 2.15. The summed E-state index contributed by atoms with van der Waals surface area (Å²) in [7, 11) is -0.0150. The van der Waals surface area contributed by atoms with Gasteiger partial charge in [0.15, 0.2) is 6.56 Å². The van der Waals surface area contributed by atoms with Gasteiger partial charge in [0, 0.05) is 0 Å². The second kappa shape index (κ2) is 2.57. The number of hydrogen-bond donors (Lipinski definition) is 0. The highest BCUT2D eigenvalue weighted by Crippen LogP contribution is 2.60. The smallest absolute Gasteiger partial charge is 0.179 e. The molecule has 1 heterocycles. The molecule has 1 rings (SSSR count). The van der Waals surface area contributed by atoms with E-state index in [1.54, 1.807) is 12.2 Å². The molecule has 1 aliphatic heterocycles. The molecule has 1 saturated heterocycles. The minimum Gasteiger partial charge on any atom is -0.279 e. The lowest BCUT2D eigenvalue weighted by Crippen LogP contribution is -2.02. The minimum absolute atomic E-state index is 0.0150. The first-order valence-electron chi connectivity index (χ1n) is 3.91. The molecule has 2 atom stereocenters. The van der Waals surface area contributed by atoms with Crippen LogP contribution < -0.4 is 0 Å². The zero-order chi connectivity index (χ0) is 6.91. The van der Waals surface area contributed by atoms with E-state index in [1.807, 2.05) is 0 Å². The zero-order valence-electron chi connectivity index (χ0n) is 6.81. The first kappa shape index (κ1) is 7.52. The monoisotopic (exact) mass is 144 g/mol. The fourth-order valence-electron chi connectivity index (χ4n) is 1.22. The highest BCUT2D eigenvalue weighted by molar-refractivity contribution is 8.62. The van der Waals surface area contributed by atoms with Gasteiger partial charge in [-0.1, -0.05) is 20.3 Å². The molecule has 0 bridgehead atoms. The Hall–Kier alpha value is 0.415. The zero-order valence-corrected chi connectivity index (χ0v) is 7.63. The predicted molar refractivity (Wildman–Crippen MR) is 49.9 cm³/mol. The van der Waals surface area contributed by atoms with Crippen LogP contribution in [-0.2, 0) is 0 Å². The lowest BCUT2D eigenvalue weighted by molar-refractivity contribution is 0.785. The Morgan fingerprint density at radius 1 is 1.67 bits per heavy atom. The summed E-state index contributed by atoms with van der Waals surface area (Å²) < 4.78 is 0. The lowest BCUT2D eigenvalue weighted by atomic mass is 10.2. The molecular weight excluding hydrogens is 127 g/mol. The third-order valence-electron chi connectivity index (χ3n) is 2.51. The van der Waals surface area contributed by atoms with Gasteiger partial charge in [-0.25, -0.2) is 0 Å². The predicted octanol–water partition coefficient (Wildman–Crippen LogP) is 1.93. The third kappa shape index (κ3) is 1.67. The van der Waals surface area contributed by atoms with E-state index < -0.39 is 0 Å². The Morgan fingerprint density at radius 2 is 2.22 bits per heavy atom. The fourth-order valence-corrected chi connectivity index (χ4v) is 3.89. The normalized spacial score (nSPS) is 35.4. The Morgan fingerprint density at radius 3 is 2.56 bits per heavy atom. The minimum atomic E-state index is -0.0150. The molecule has 0 aliphatic carbocycles. The third-order valence-corrected chi connectivity index (χ3v) is 6.39. The molecule has 0 aromatic carbocycles. The van der Waals surface area contributed by atoms with Crippen LogP contribution in [-0.4, -0.2) is 23.7 Å². The topological polar surface area (TPSA) is 0 Å². The van der Waals surface area contributed by atoms with Crippen LogP contribution in [0.1, 0.15) is 26.7 Å². The van der Waals surface area contributed by atoms with Gasteiger partial charge in [-0.3, -0.25) is 9.88 Å². The van der Waals surface area contributed by atoms with Crippen LogP contribution in [0, 0.1) is 0 Å². The van der Waals surface area contributed by atoms with Crippen LogP contribution in [0.2, 0.25) is 0 Å². The van der Waals surface area contributed by atoms with Crippen LogP contribution in [0.15, 0.2) is 0 Å². The van der Waals surface area contributed by atoms with Crippen molar-refractivity contribution in [3.05, 3.63) is 0 Å². The van der Waals surface area contributed by atoms with Crippen LogP contribution in [0.3, 0.4) is 0 Å². The molecular formula is C7H17BS. The molecule has 9 heavy (non-hydrogen) atoms. The molecule has 0 radical (unpaired) electrons. The summed E-state index contributed by atoms with van der Waals surface area (Å²) in [5.74, 6) is 0. The molecule has 2 heteroatoms. The van der Waals surface area contributed by atoms with Gasteiger partial charge < -0.3 is 0 Å². The highest BCUT2D eigenvalue weighted by atomic mass is 32.3. The van der Waals surface area contributed by atoms with E-state index in [9.17, 15) is 0 Å². The molecule has 0 saturated carbocycles. The van der Waals surface area contributed by atoms with Crippen molar-refractivity contribution in [3.63, 3.8) is 0 Å². The van der Waals surface area contributed by atoms with Crippen LogP contribution in [0.25, 0.3) is 0 Å². The van der Waals surface area contributed by atoms with Crippen LogP contribution >= 0.6 is 9.88 Å². The highest BCUT2D eigenvalue weighted by Gasteiger charge is 2.37. The quantitative estimate of drug-likeness (QED) is 0.419. The second-order valence-electron chi connectivity index (χ2n) is 3.36. The van der Waals surface area contributed by atoms with Gasteiger partial charge >= 0.3 is 0 Å². The van der Waals surface area contributed by atoms with Crippen LogP contribution in [0.5, 0.6) is 0 Å². The van der Waals surface area contributed by atoms with E-state index in [0.717, 1.165) is 5.25 Å². The van der Waals surface area contributed by atoms with Crippen molar-refractivity contribution in [2.24, 2.45) is 0 Å². The van der Waals surface area contributed by atoms with E-state index in [4.69, 9.17) is 0 Å². The van der Waals surface area contributed by atoms with E-state index in [-0.39, 0.29) is 9.88 Å². The van der Waals surface area contributed by atoms with Crippen molar-refractivity contribution >= 4 is 16.4 Å². The van der Waals surface area contributed by atoms with Gasteiger partial charge in [-0.05, 0) is 23.6 Å². The standard InChI is InChI=1S/C7H17BS/c1-4-5-7(2)9(3)6-8-9/h7-8H,4-6H2,1-3H3. The van der Waals surface area contributed by atoms with Crippen LogP contribution in [0.4, 0.5) is 0 Å². The maximum Gasteiger partial charge on any atom is 0.179 e. The van der Waals surface area contributed by atoms with E-state index in [2.05, 4.69) is 20.1 Å². The molecule has 0 nitrogen and oxygen atoms in total. The molecule has 1 unspecified atom stereocenters. The average molecular weight is 144 g/mol. The van der Waals surface area contributed by atoms with Crippen molar-refractivity contribution in [3.8, 4) is 0 Å². The summed E-state index contributed by atoms with van der Waals surface area (Å²) in [6, 6.07) is 0. The first-order valence-corrected chi connectivity index (χ1v) is 6.36. The van der Waals surface area contributed by atoms with Crippen molar-refractivity contribution in [2.75, 3.05) is 11.9 Å². The molecule has 0 aromatic heterocycles. The number of rotatable bonds is 3. The molecule has 1 fully saturated rings. The Bertz CT molecular complexity index is 99.1. The Labute approximate surface area is 60.9 Å². The summed E-state index contributed by atoms with van der Waals surface area (Å²) in [5, 5.41) is 1.06. The summed E-state index contributed by atoms with van der Waals surface area (Å²) in [6.45, 7) is 6.29. The van der Waals surface area contributed by atoms with Gasteiger partial charge in [-0.15, -0.1) is 0 Å². The van der Waals surface area contributed by atoms with Crippen molar-refractivity contribution in [1.82, 2.24) is 0 Å². The molecule has 54 valence electrons. The molecule has 0 amide bonds. The summed E-state index contributed by atoms with van der Waals surface area (Å²) >= 11 is 0. The summed E-state index contributed by atoms with van der Waals surface area (Å²) in [6.07, 6.45) is 5.35. The fraction of sp³-hybridized carbons (Fsp3) is 1.00. The average Bonchev–Trinajstić information content (AvgIpc) is 2.50. The summed E-state index contributed by atoms with van der Waals surface area (Å²) in [5.41, 5.74) is 1.56. The van der Waals surface area contributed by atoms with Gasteiger partial charge in [-0.2, -0.15) is 0 Å². The van der Waals surface area contributed by atoms with Gasteiger partial charge in [0.1, 0.15) is 0 Å². The van der Waals surface area contributed by atoms with E-state index in [0.29, 0.717) is 0 Å². The Balaban J connectivity index is 2.24.